The van der Waals surface area contributed by atoms with Gasteiger partial charge in [-0.25, -0.2) is 8.42 Å². The summed E-state index contributed by atoms with van der Waals surface area (Å²) >= 11 is 0. The molecule has 0 saturated heterocycles. The Morgan fingerprint density at radius 1 is 0.854 bits per heavy atom. The van der Waals surface area contributed by atoms with Gasteiger partial charge >= 0.3 is 0 Å². The van der Waals surface area contributed by atoms with E-state index in [4.69, 9.17) is 0 Å². The molecule has 8 heteroatoms. The summed E-state index contributed by atoms with van der Waals surface area (Å²) in [5.41, 5.74) is 4.95. The minimum atomic E-state index is -4.10. The molecule has 0 unspecified atom stereocenters. The minimum Gasteiger partial charge on any atom is -0.354 e. The van der Waals surface area contributed by atoms with Crippen LogP contribution in [0, 0.1) is 27.7 Å². The molecule has 3 rings (SSSR count). The zero-order valence-electron chi connectivity index (χ0n) is 25.1. The van der Waals surface area contributed by atoms with Gasteiger partial charge in [0.25, 0.3) is 10.0 Å². The van der Waals surface area contributed by atoms with E-state index in [1.54, 1.807) is 36.4 Å². The van der Waals surface area contributed by atoms with Crippen molar-refractivity contribution in [2.75, 3.05) is 17.4 Å². The van der Waals surface area contributed by atoms with Gasteiger partial charge < -0.3 is 10.2 Å². The first kappa shape index (κ1) is 31.9. The summed E-state index contributed by atoms with van der Waals surface area (Å²) in [4.78, 5) is 29.2. The minimum absolute atomic E-state index is 0.103. The van der Waals surface area contributed by atoms with E-state index in [0.717, 1.165) is 40.7 Å². The Hall–Kier alpha value is -3.65. The first-order valence-corrected chi connectivity index (χ1v) is 15.7. The number of sulfonamides is 1. The maximum Gasteiger partial charge on any atom is 0.264 e. The number of anilines is 1. The highest BCUT2D eigenvalue weighted by molar-refractivity contribution is 7.92. The number of unbranched alkanes of at least 4 members (excludes halogenated alkanes) is 1. The molecular weight excluding hydrogens is 534 g/mol. The molecule has 7 nitrogen and oxygen atoms in total. The molecule has 41 heavy (non-hydrogen) atoms. The SMILES string of the molecule is CCCCNC(=O)[C@@H](CC)N(Cc1ccccc1C)C(=O)CN(c1cccc(C)c1C)S(=O)(=O)c1ccc(C)cc1. The smallest absolute Gasteiger partial charge is 0.264 e. The zero-order valence-corrected chi connectivity index (χ0v) is 25.9. The van der Waals surface area contributed by atoms with Crippen LogP contribution < -0.4 is 9.62 Å². The van der Waals surface area contributed by atoms with Gasteiger partial charge in [0.1, 0.15) is 12.6 Å². The second-order valence-electron chi connectivity index (χ2n) is 10.6. The van der Waals surface area contributed by atoms with Gasteiger partial charge in [-0.05, 0) is 81.0 Å². The fraction of sp³-hybridized carbons (Fsp3) is 0.394. The Balaban J connectivity index is 2.09. The molecule has 0 saturated carbocycles. The summed E-state index contributed by atoms with van der Waals surface area (Å²) in [5.74, 6) is -0.676. The first-order chi connectivity index (χ1) is 19.5. The fourth-order valence-corrected chi connectivity index (χ4v) is 6.22. The quantitative estimate of drug-likeness (QED) is 0.259. The molecular formula is C33H43N3O4S. The summed E-state index contributed by atoms with van der Waals surface area (Å²) < 4.78 is 29.4. The Bertz CT molecular complexity index is 1450. The number of hydrogen-bond acceptors (Lipinski definition) is 4. The third kappa shape index (κ3) is 7.76. The molecule has 0 spiro atoms. The van der Waals surface area contributed by atoms with E-state index < -0.39 is 28.5 Å². The third-order valence-corrected chi connectivity index (χ3v) is 9.32. The highest BCUT2D eigenvalue weighted by Gasteiger charge is 2.34. The molecule has 1 atom stereocenters. The van der Waals surface area contributed by atoms with Crippen LogP contribution in [-0.4, -0.2) is 44.3 Å². The second-order valence-corrected chi connectivity index (χ2v) is 12.4. The van der Waals surface area contributed by atoms with Crippen molar-refractivity contribution in [1.29, 1.82) is 0 Å². The van der Waals surface area contributed by atoms with Gasteiger partial charge in [0, 0.05) is 13.1 Å². The van der Waals surface area contributed by atoms with Crippen molar-refractivity contribution in [3.05, 3.63) is 94.5 Å². The van der Waals surface area contributed by atoms with Gasteiger partial charge in [-0.2, -0.15) is 0 Å². The summed E-state index contributed by atoms with van der Waals surface area (Å²) in [6.45, 7) is 11.8. The number of carbonyl (C=O) groups excluding carboxylic acids is 2. The fourth-order valence-electron chi connectivity index (χ4n) is 4.75. The Morgan fingerprint density at radius 3 is 2.15 bits per heavy atom. The molecule has 0 fully saturated rings. The molecule has 1 N–H and O–H groups in total. The van der Waals surface area contributed by atoms with Crippen LogP contribution in [0.3, 0.4) is 0 Å². The lowest BCUT2D eigenvalue weighted by Gasteiger charge is -2.34. The molecule has 0 bridgehead atoms. The first-order valence-electron chi connectivity index (χ1n) is 14.3. The van der Waals surface area contributed by atoms with Crippen molar-refractivity contribution in [2.45, 2.75) is 78.3 Å². The predicted octanol–water partition coefficient (Wildman–Crippen LogP) is 5.84. The van der Waals surface area contributed by atoms with E-state index in [1.807, 2.05) is 71.9 Å². The van der Waals surface area contributed by atoms with Gasteiger partial charge in [-0.1, -0.05) is 74.4 Å². The van der Waals surface area contributed by atoms with Crippen molar-refractivity contribution >= 4 is 27.5 Å². The average Bonchev–Trinajstić information content (AvgIpc) is 2.94. The van der Waals surface area contributed by atoms with Crippen LogP contribution in [0.25, 0.3) is 0 Å². The molecule has 0 aliphatic heterocycles. The highest BCUT2D eigenvalue weighted by atomic mass is 32.2. The van der Waals surface area contributed by atoms with Gasteiger partial charge in [-0.15, -0.1) is 0 Å². The molecule has 3 aromatic carbocycles. The van der Waals surface area contributed by atoms with Crippen molar-refractivity contribution in [1.82, 2.24) is 10.2 Å². The van der Waals surface area contributed by atoms with Gasteiger partial charge in [0.15, 0.2) is 0 Å². The van der Waals surface area contributed by atoms with Crippen LogP contribution in [0.2, 0.25) is 0 Å². The van der Waals surface area contributed by atoms with Crippen LogP contribution >= 0.6 is 0 Å². The Labute approximate surface area is 245 Å². The summed E-state index contributed by atoms with van der Waals surface area (Å²) in [6.07, 6.45) is 2.16. The number of carbonyl (C=O) groups is 2. The highest BCUT2D eigenvalue weighted by Crippen LogP contribution is 2.29. The largest absolute Gasteiger partial charge is 0.354 e. The molecule has 3 aromatic rings. The predicted molar refractivity (Wildman–Crippen MR) is 165 cm³/mol. The Kier molecular flexibility index (Phi) is 11.1. The van der Waals surface area contributed by atoms with Crippen molar-refractivity contribution in [2.24, 2.45) is 0 Å². The number of benzene rings is 3. The number of amides is 2. The van der Waals surface area contributed by atoms with Crippen LogP contribution in [-0.2, 0) is 26.2 Å². The van der Waals surface area contributed by atoms with E-state index in [9.17, 15) is 18.0 Å². The number of rotatable bonds is 13. The molecule has 0 heterocycles. The standard InChI is InChI=1S/C33H43N3O4S/c1-7-9-21-34-33(38)30(8-2)35(22-28-15-11-10-13-26(28)5)32(37)23-36(31-16-12-14-25(4)27(31)6)41(39,40)29-19-17-24(3)18-20-29/h10-20,30H,7-9,21-23H2,1-6H3,(H,34,38)/t30-/m1/s1. The number of hydrogen-bond donors (Lipinski definition) is 1. The maximum atomic E-state index is 14.2. The van der Waals surface area contributed by atoms with Crippen LogP contribution in [0.5, 0.6) is 0 Å². The Morgan fingerprint density at radius 2 is 1.51 bits per heavy atom. The lowest BCUT2D eigenvalue weighted by Crippen LogP contribution is -2.52. The van der Waals surface area contributed by atoms with E-state index >= 15 is 0 Å². The van der Waals surface area contributed by atoms with Gasteiger partial charge in [-0.3, -0.25) is 13.9 Å². The van der Waals surface area contributed by atoms with E-state index in [2.05, 4.69) is 5.32 Å². The lowest BCUT2D eigenvalue weighted by atomic mass is 10.1. The van der Waals surface area contributed by atoms with E-state index in [1.165, 1.54) is 9.21 Å². The van der Waals surface area contributed by atoms with Gasteiger partial charge in [0.2, 0.25) is 11.8 Å². The third-order valence-electron chi connectivity index (χ3n) is 7.55. The normalized spacial score (nSPS) is 12.0. The number of nitrogens with one attached hydrogen (secondary N) is 1. The van der Waals surface area contributed by atoms with Crippen molar-refractivity contribution < 1.29 is 18.0 Å². The number of aryl methyl sites for hydroxylation is 3. The second kappa shape index (κ2) is 14.3. The van der Waals surface area contributed by atoms with E-state index in [-0.39, 0.29) is 17.3 Å². The molecule has 0 aliphatic rings. The maximum absolute atomic E-state index is 14.2. The molecule has 0 radical (unpaired) electrons. The van der Waals surface area contributed by atoms with Crippen LogP contribution in [0.1, 0.15) is 60.9 Å². The molecule has 0 aromatic heterocycles. The van der Waals surface area contributed by atoms with Crippen LogP contribution in [0.15, 0.2) is 71.6 Å². The topological polar surface area (TPSA) is 86.8 Å². The molecule has 2 amide bonds. The number of nitrogens with zero attached hydrogens (tertiary/aromatic N) is 2. The summed E-state index contributed by atoms with van der Waals surface area (Å²) in [6, 6.07) is 19.0. The van der Waals surface area contributed by atoms with Crippen molar-refractivity contribution in [3.63, 3.8) is 0 Å². The zero-order chi connectivity index (χ0) is 30.2. The van der Waals surface area contributed by atoms with E-state index in [0.29, 0.717) is 18.7 Å². The summed E-state index contributed by atoms with van der Waals surface area (Å²) in [5, 5.41) is 2.97. The molecule has 0 aliphatic carbocycles. The monoisotopic (exact) mass is 577 g/mol. The lowest BCUT2D eigenvalue weighted by molar-refractivity contribution is -0.140. The van der Waals surface area contributed by atoms with Crippen LogP contribution in [0.4, 0.5) is 5.69 Å². The summed E-state index contributed by atoms with van der Waals surface area (Å²) in [7, 11) is -4.10. The average molecular weight is 578 g/mol. The van der Waals surface area contributed by atoms with Gasteiger partial charge in [0.05, 0.1) is 10.6 Å². The molecule has 220 valence electrons. The van der Waals surface area contributed by atoms with Crippen molar-refractivity contribution in [3.8, 4) is 0 Å².